The van der Waals surface area contributed by atoms with Gasteiger partial charge in [0.25, 0.3) is 0 Å². The van der Waals surface area contributed by atoms with Gasteiger partial charge in [-0.25, -0.2) is 0 Å². The third kappa shape index (κ3) is 3.15. The van der Waals surface area contributed by atoms with Gasteiger partial charge < -0.3 is 9.88 Å². The van der Waals surface area contributed by atoms with Crippen LogP contribution >= 0.6 is 15.9 Å². The molecule has 1 saturated carbocycles. The zero-order valence-electron chi connectivity index (χ0n) is 11.8. The van der Waals surface area contributed by atoms with E-state index >= 15 is 0 Å². The summed E-state index contributed by atoms with van der Waals surface area (Å²) >= 11 is 3.47. The second-order valence-electron chi connectivity index (χ2n) is 5.25. The molecular weight excluding hydrogens is 332 g/mol. The highest BCUT2D eigenvalue weighted by atomic mass is 79.9. The first-order valence-corrected chi connectivity index (χ1v) is 7.88. The van der Waals surface area contributed by atoms with Gasteiger partial charge >= 0.3 is 0 Å². The van der Waals surface area contributed by atoms with Crippen molar-refractivity contribution >= 4 is 21.8 Å². The zero-order chi connectivity index (χ0) is 14.8. The number of benzene rings is 1. The second kappa shape index (κ2) is 5.97. The predicted octanol–water partition coefficient (Wildman–Crippen LogP) is 2.48. The largest absolute Gasteiger partial charge is 0.349 e. The summed E-state index contributed by atoms with van der Waals surface area (Å²) in [6, 6.07) is 8.18. The van der Waals surface area contributed by atoms with E-state index in [1.54, 1.807) is 6.33 Å². The molecule has 1 aromatic heterocycles. The first-order valence-electron chi connectivity index (χ1n) is 7.09. The number of carbonyl (C=O) groups is 1. The molecule has 21 heavy (non-hydrogen) atoms. The molecule has 6 heteroatoms. The van der Waals surface area contributed by atoms with Crippen LogP contribution < -0.4 is 5.32 Å². The molecule has 1 heterocycles. The van der Waals surface area contributed by atoms with E-state index in [9.17, 15) is 4.79 Å². The molecule has 3 rings (SSSR count). The van der Waals surface area contributed by atoms with Crippen molar-refractivity contribution in [3.8, 4) is 0 Å². The van der Waals surface area contributed by atoms with Gasteiger partial charge in [-0.3, -0.25) is 4.79 Å². The molecule has 2 atom stereocenters. The van der Waals surface area contributed by atoms with Crippen LogP contribution in [0.1, 0.15) is 30.7 Å². The van der Waals surface area contributed by atoms with Gasteiger partial charge in [-0.2, -0.15) is 0 Å². The van der Waals surface area contributed by atoms with Gasteiger partial charge in [0.05, 0.1) is 6.54 Å². The number of aryl methyl sites for hydroxylation is 1. The Kier molecular flexibility index (Phi) is 4.05. The molecule has 1 amide bonds. The van der Waals surface area contributed by atoms with Crippen molar-refractivity contribution in [2.75, 3.05) is 0 Å². The fourth-order valence-electron chi connectivity index (χ4n) is 2.57. The Hall–Kier alpha value is -1.69. The van der Waals surface area contributed by atoms with E-state index in [0.717, 1.165) is 23.3 Å². The highest BCUT2D eigenvalue weighted by Crippen LogP contribution is 2.47. The molecule has 1 aliphatic rings. The summed E-state index contributed by atoms with van der Waals surface area (Å²) in [7, 11) is 0. The standard InChI is InChI=1S/C15H17BrN4O/c1-2-20-9-18-19-14(20)8-17-15(21)13-7-12(13)10-4-3-5-11(16)6-10/h3-6,9,12-13H,2,7-8H2,1H3,(H,17,21)/t12-,13+/m0/s1. The molecule has 5 nitrogen and oxygen atoms in total. The molecule has 0 aliphatic heterocycles. The monoisotopic (exact) mass is 348 g/mol. The summed E-state index contributed by atoms with van der Waals surface area (Å²) in [5.74, 6) is 1.32. The molecule has 1 aliphatic carbocycles. The van der Waals surface area contributed by atoms with E-state index in [1.807, 2.05) is 23.6 Å². The van der Waals surface area contributed by atoms with Crippen LogP contribution in [0.2, 0.25) is 0 Å². The minimum atomic E-state index is 0.0808. The normalized spacial score (nSPS) is 20.3. The molecule has 1 fully saturated rings. The fraction of sp³-hybridized carbons (Fsp3) is 0.400. The van der Waals surface area contributed by atoms with Crippen molar-refractivity contribution < 1.29 is 4.79 Å². The topological polar surface area (TPSA) is 59.8 Å². The Morgan fingerprint density at radius 1 is 1.52 bits per heavy atom. The highest BCUT2D eigenvalue weighted by molar-refractivity contribution is 9.10. The van der Waals surface area contributed by atoms with Crippen LogP contribution in [0.4, 0.5) is 0 Å². The summed E-state index contributed by atoms with van der Waals surface area (Å²) in [6.07, 6.45) is 2.60. The van der Waals surface area contributed by atoms with Crippen molar-refractivity contribution in [3.05, 3.63) is 46.5 Å². The zero-order valence-corrected chi connectivity index (χ0v) is 13.4. The maximum Gasteiger partial charge on any atom is 0.224 e. The van der Waals surface area contributed by atoms with E-state index in [0.29, 0.717) is 12.5 Å². The quantitative estimate of drug-likeness (QED) is 0.902. The van der Waals surface area contributed by atoms with E-state index in [2.05, 4.69) is 43.6 Å². The number of halogens is 1. The van der Waals surface area contributed by atoms with Gasteiger partial charge in [0, 0.05) is 16.9 Å². The summed E-state index contributed by atoms with van der Waals surface area (Å²) in [5.41, 5.74) is 1.22. The molecule has 2 aromatic rings. The molecule has 1 aromatic carbocycles. The first-order chi connectivity index (χ1) is 10.2. The Morgan fingerprint density at radius 3 is 3.14 bits per heavy atom. The molecule has 110 valence electrons. The van der Waals surface area contributed by atoms with E-state index < -0.39 is 0 Å². The lowest BCUT2D eigenvalue weighted by Gasteiger charge is -2.06. The highest BCUT2D eigenvalue weighted by Gasteiger charge is 2.43. The van der Waals surface area contributed by atoms with Crippen molar-refractivity contribution in [2.24, 2.45) is 5.92 Å². The third-order valence-electron chi connectivity index (χ3n) is 3.86. The van der Waals surface area contributed by atoms with Crippen molar-refractivity contribution in [1.29, 1.82) is 0 Å². The molecule has 0 unspecified atom stereocenters. The molecule has 0 saturated heterocycles. The van der Waals surface area contributed by atoms with Gasteiger partial charge in [0.2, 0.25) is 5.91 Å². The second-order valence-corrected chi connectivity index (χ2v) is 6.17. The number of hydrogen-bond acceptors (Lipinski definition) is 3. The maximum atomic E-state index is 12.2. The molecular formula is C15H17BrN4O. The number of rotatable bonds is 5. The Bertz CT molecular complexity index is 655. The van der Waals surface area contributed by atoms with Gasteiger partial charge in [0.15, 0.2) is 5.82 Å². The number of nitrogens with one attached hydrogen (secondary N) is 1. The smallest absolute Gasteiger partial charge is 0.224 e. The molecule has 0 radical (unpaired) electrons. The predicted molar refractivity (Wildman–Crippen MR) is 82.5 cm³/mol. The lowest BCUT2D eigenvalue weighted by molar-refractivity contribution is -0.122. The molecule has 0 bridgehead atoms. The maximum absolute atomic E-state index is 12.2. The lowest BCUT2D eigenvalue weighted by atomic mass is 10.1. The minimum Gasteiger partial charge on any atom is -0.349 e. The third-order valence-corrected chi connectivity index (χ3v) is 4.35. The van der Waals surface area contributed by atoms with Crippen LogP contribution in [-0.2, 0) is 17.9 Å². The first kappa shape index (κ1) is 14.3. The number of hydrogen-bond donors (Lipinski definition) is 1. The Morgan fingerprint density at radius 2 is 2.38 bits per heavy atom. The van der Waals surface area contributed by atoms with E-state index in [1.165, 1.54) is 5.56 Å². The van der Waals surface area contributed by atoms with Crippen molar-refractivity contribution in [3.63, 3.8) is 0 Å². The van der Waals surface area contributed by atoms with Gasteiger partial charge in [-0.05, 0) is 37.0 Å². The van der Waals surface area contributed by atoms with Gasteiger partial charge in [-0.15, -0.1) is 10.2 Å². The Balaban J connectivity index is 1.56. The lowest BCUT2D eigenvalue weighted by Crippen LogP contribution is -2.26. The average Bonchev–Trinajstić information content (AvgIpc) is 3.16. The number of nitrogens with zero attached hydrogens (tertiary/aromatic N) is 3. The van der Waals surface area contributed by atoms with E-state index in [4.69, 9.17) is 0 Å². The van der Waals surface area contributed by atoms with Crippen molar-refractivity contribution in [2.45, 2.75) is 32.4 Å². The van der Waals surface area contributed by atoms with Crippen molar-refractivity contribution in [1.82, 2.24) is 20.1 Å². The number of carbonyl (C=O) groups excluding carboxylic acids is 1. The average molecular weight is 349 g/mol. The SMILES string of the molecule is CCn1cnnc1CNC(=O)[C@@H]1C[C@H]1c1cccc(Br)c1. The van der Waals surface area contributed by atoms with Crippen LogP contribution in [0.3, 0.4) is 0 Å². The summed E-state index contributed by atoms with van der Waals surface area (Å²) in [5, 5.41) is 10.8. The number of aromatic nitrogens is 3. The van der Waals surface area contributed by atoms with Gasteiger partial charge in [-0.1, -0.05) is 28.1 Å². The van der Waals surface area contributed by atoms with Crippen LogP contribution in [0, 0.1) is 5.92 Å². The summed E-state index contributed by atoms with van der Waals surface area (Å²) in [6.45, 7) is 3.27. The van der Waals surface area contributed by atoms with E-state index in [-0.39, 0.29) is 11.8 Å². The summed E-state index contributed by atoms with van der Waals surface area (Å²) in [4.78, 5) is 12.2. The van der Waals surface area contributed by atoms with Gasteiger partial charge in [0.1, 0.15) is 6.33 Å². The van der Waals surface area contributed by atoms with Crippen LogP contribution in [0.25, 0.3) is 0 Å². The molecule has 0 spiro atoms. The van der Waals surface area contributed by atoms with Crippen LogP contribution in [0.5, 0.6) is 0 Å². The molecule has 1 N–H and O–H groups in total. The van der Waals surface area contributed by atoms with Crippen LogP contribution in [0.15, 0.2) is 35.1 Å². The van der Waals surface area contributed by atoms with Crippen LogP contribution in [-0.4, -0.2) is 20.7 Å². The summed E-state index contributed by atoms with van der Waals surface area (Å²) < 4.78 is 2.99. The Labute approximate surface area is 131 Å². The minimum absolute atomic E-state index is 0.0808. The number of amides is 1. The fourth-order valence-corrected chi connectivity index (χ4v) is 2.98.